The summed E-state index contributed by atoms with van der Waals surface area (Å²) in [7, 11) is 0. The molecule has 1 N–H and O–H groups in total. The number of aliphatic hydroxyl groups excluding tert-OH is 1. The van der Waals surface area contributed by atoms with Gasteiger partial charge in [0.05, 0.1) is 19.3 Å². The van der Waals surface area contributed by atoms with Crippen molar-refractivity contribution in [1.29, 1.82) is 0 Å². The number of benzene rings is 1. The van der Waals surface area contributed by atoms with Gasteiger partial charge in [-0.3, -0.25) is 4.90 Å². The Hall–Kier alpha value is -1.34. The van der Waals surface area contributed by atoms with Crippen LogP contribution in [-0.4, -0.2) is 42.4 Å². The molecule has 0 spiro atoms. The van der Waals surface area contributed by atoms with Gasteiger partial charge in [0.25, 0.3) is 0 Å². The molecule has 1 aromatic carbocycles. The van der Waals surface area contributed by atoms with Gasteiger partial charge in [-0.15, -0.1) is 6.42 Å². The number of rotatable bonds is 8. The molecule has 0 aliphatic carbocycles. The van der Waals surface area contributed by atoms with E-state index in [-0.39, 0.29) is 0 Å². The topological polar surface area (TPSA) is 32.7 Å². The minimum absolute atomic E-state index is 0.353. The summed E-state index contributed by atoms with van der Waals surface area (Å²) in [4.78, 5) is 2.05. The first kappa shape index (κ1) is 15.7. The number of terminal acetylenes is 1. The Morgan fingerprint density at radius 2 is 2.05 bits per heavy atom. The van der Waals surface area contributed by atoms with E-state index in [4.69, 9.17) is 11.2 Å². The largest absolute Gasteiger partial charge is 0.389 e. The summed E-state index contributed by atoms with van der Waals surface area (Å²) < 4.78 is 5.21. The summed E-state index contributed by atoms with van der Waals surface area (Å²) in [5.41, 5.74) is 2.44. The lowest BCUT2D eigenvalue weighted by atomic mass is 10.1. The molecule has 0 fully saturated rings. The fourth-order valence-corrected chi connectivity index (χ4v) is 1.87. The van der Waals surface area contributed by atoms with Gasteiger partial charge in [-0.1, -0.05) is 35.7 Å². The van der Waals surface area contributed by atoms with Gasteiger partial charge in [-0.25, -0.2) is 0 Å². The van der Waals surface area contributed by atoms with Crippen LogP contribution in [0.2, 0.25) is 0 Å². The van der Waals surface area contributed by atoms with Crippen LogP contribution in [0.1, 0.15) is 18.1 Å². The van der Waals surface area contributed by atoms with Gasteiger partial charge in [-0.05, 0) is 19.4 Å². The average Bonchev–Trinajstić information content (AvgIpc) is 2.39. The van der Waals surface area contributed by atoms with Crippen molar-refractivity contribution in [2.45, 2.75) is 26.5 Å². The molecule has 1 aromatic rings. The smallest absolute Gasteiger partial charge is 0.0900 e. The van der Waals surface area contributed by atoms with Crippen molar-refractivity contribution in [3.63, 3.8) is 0 Å². The van der Waals surface area contributed by atoms with E-state index in [1.165, 1.54) is 11.1 Å². The lowest BCUT2D eigenvalue weighted by Crippen LogP contribution is -2.34. The van der Waals surface area contributed by atoms with E-state index in [1.807, 2.05) is 11.8 Å². The fourth-order valence-electron chi connectivity index (χ4n) is 1.87. The Balaban J connectivity index is 2.52. The second-order valence-electron chi connectivity index (χ2n) is 4.67. The van der Waals surface area contributed by atoms with Crippen molar-refractivity contribution < 1.29 is 9.84 Å². The van der Waals surface area contributed by atoms with Gasteiger partial charge in [0.15, 0.2) is 0 Å². The number of nitrogens with zero attached hydrogens (tertiary/aromatic N) is 1. The molecule has 0 aliphatic rings. The normalized spacial score (nSPS) is 12.4. The fraction of sp³-hybridized carbons (Fsp3) is 0.500. The van der Waals surface area contributed by atoms with Crippen molar-refractivity contribution in [2.24, 2.45) is 0 Å². The minimum atomic E-state index is -0.501. The Labute approximate surface area is 116 Å². The van der Waals surface area contributed by atoms with Crippen LogP contribution in [0.15, 0.2) is 24.3 Å². The molecule has 0 amide bonds. The predicted molar refractivity (Wildman–Crippen MR) is 77.8 cm³/mol. The van der Waals surface area contributed by atoms with Crippen LogP contribution in [0.25, 0.3) is 0 Å². The van der Waals surface area contributed by atoms with Crippen LogP contribution in [0, 0.1) is 19.3 Å². The molecule has 104 valence electrons. The summed E-state index contributed by atoms with van der Waals surface area (Å²) in [6, 6.07) is 8.35. The van der Waals surface area contributed by atoms with E-state index in [0.717, 1.165) is 6.54 Å². The van der Waals surface area contributed by atoms with Crippen LogP contribution >= 0.6 is 0 Å². The van der Waals surface area contributed by atoms with Crippen LogP contribution < -0.4 is 0 Å². The van der Waals surface area contributed by atoms with Gasteiger partial charge >= 0.3 is 0 Å². The monoisotopic (exact) mass is 261 g/mol. The zero-order chi connectivity index (χ0) is 14.1. The third-order valence-electron chi connectivity index (χ3n) is 2.82. The average molecular weight is 261 g/mol. The number of ether oxygens (including phenoxy) is 1. The first-order valence-electron chi connectivity index (χ1n) is 6.62. The lowest BCUT2D eigenvalue weighted by molar-refractivity contribution is 0.0221. The van der Waals surface area contributed by atoms with Crippen molar-refractivity contribution in [3.8, 4) is 12.3 Å². The summed E-state index contributed by atoms with van der Waals surface area (Å²) in [5.74, 6) is 2.63. The van der Waals surface area contributed by atoms with Gasteiger partial charge in [0.1, 0.15) is 0 Å². The maximum absolute atomic E-state index is 9.86. The molecule has 0 unspecified atom stereocenters. The maximum Gasteiger partial charge on any atom is 0.0900 e. The van der Waals surface area contributed by atoms with Crippen LogP contribution in [0.3, 0.4) is 0 Å². The Morgan fingerprint density at radius 3 is 2.63 bits per heavy atom. The molecule has 0 aliphatic heterocycles. The summed E-state index contributed by atoms with van der Waals surface area (Å²) >= 11 is 0. The summed E-state index contributed by atoms with van der Waals surface area (Å²) in [6.07, 6.45) is 4.88. The number of hydrogen-bond donors (Lipinski definition) is 1. The molecule has 1 rings (SSSR count). The molecule has 0 radical (unpaired) electrons. The molecule has 0 heterocycles. The van der Waals surface area contributed by atoms with E-state index >= 15 is 0 Å². The maximum atomic E-state index is 9.86. The van der Waals surface area contributed by atoms with Crippen molar-refractivity contribution in [1.82, 2.24) is 4.90 Å². The minimum Gasteiger partial charge on any atom is -0.389 e. The van der Waals surface area contributed by atoms with E-state index in [1.54, 1.807) is 0 Å². The number of aliphatic hydroxyl groups is 1. The quantitative estimate of drug-likeness (QED) is 0.725. The second kappa shape index (κ2) is 8.71. The molecular formula is C16H23NO2. The van der Waals surface area contributed by atoms with Crippen LogP contribution in [0.4, 0.5) is 0 Å². The van der Waals surface area contributed by atoms with Gasteiger partial charge < -0.3 is 9.84 Å². The number of hydrogen-bond acceptors (Lipinski definition) is 3. The molecule has 3 heteroatoms. The van der Waals surface area contributed by atoms with E-state index in [9.17, 15) is 5.11 Å². The van der Waals surface area contributed by atoms with Crippen molar-refractivity contribution >= 4 is 0 Å². The van der Waals surface area contributed by atoms with Gasteiger partial charge in [-0.2, -0.15) is 0 Å². The zero-order valence-electron chi connectivity index (χ0n) is 11.8. The lowest BCUT2D eigenvalue weighted by Gasteiger charge is -2.23. The van der Waals surface area contributed by atoms with Gasteiger partial charge in [0.2, 0.25) is 0 Å². The molecule has 0 saturated heterocycles. The SMILES string of the molecule is C#CCN(Cc1ccc(C)cc1)C[C@@H](O)COCC. The second-order valence-corrected chi connectivity index (χ2v) is 4.67. The van der Waals surface area contributed by atoms with Crippen LogP contribution in [-0.2, 0) is 11.3 Å². The highest BCUT2D eigenvalue weighted by Crippen LogP contribution is 2.07. The zero-order valence-corrected chi connectivity index (χ0v) is 11.8. The standard InChI is InChI=1S/C16H23NO2/c1-4-10-17(12-16(18)13-19-5-2)11-15-8-6-14(3)7-9-15/h1,6-9,16,18H,5,10-13H2,2-3H3/t16-/m1/s1. The molecule has 0 aromatic heterocycles. The Morgan fingerprint density at radius 1 is 1.37 bits per heavy atom. The molecular weight excluding hydrogens is 238 g/mol. The van der Waals surface area contributed by atoms with E-state index < -0.39 is 6.10 Å². The third kappa shape index (κ3) is 6.40. The van der Waals surface area contributed by atoms with Crippen molar-refractivity contribution in [2.75, 3.05) is 26.3 Å². The highest BCUT2D eigenvalue weighted by Gasteiger charge is 2.11. The molecule has 0 bridgehead atoms. The number of aryl methyl sites for hydroxylation is 1. The predicted octanol–water partition coefficient (Wildman–Crippen LogP) is 1.83. The molecule has 1 atom stereocenters. The van der Waals surface area contributed by atoms with E-state index in [0.29, 0.717) is 26.3 Å². The van der Waals surface area contributed by atoms with Gasteiger partial charge in [0, 0.05) is 19.7 Å². The molecule has 3 nitrogen and oxygen atoms in total. The highest BCUT2D eigenvalue weighted by molar-refractivity contribution is 5.21. The summed E-state index contributed by atoms with van der Waals surface area (Å²) in [5, 5.41) is 9.86. The first-order valence-corrected chi connectivity index (χ1v) is 6.62. The van der Waals surface area contributed by atoms with Crippen LogP contribution in [0.5, 0.6) is 0 Å². The third-order valence-corrected chi connectivity index (χ3v) is 2.82. The molecule has 0 saturated carbocycles. The Bertz CT molecular complexity index is 394. The Kier molecular flexibility index (Phi) is 7.20. The summed E-state index contributed by atoms with van der Waals surface area (Å²) in [6.45, 7) is 6.74. The van der Waals surface area contributed by atoms with Crippen molar-refractivity contribution in [3.05, 3.63) is 35.4 Å². The van der Waals surface area contributed by atoms with E-state index in [2.05, 4.69) is 37.1 Å². The molecule has 19 heavy (non-hydrogen) atoms. The first-order chi connectivity index (χ1) is 9.15. The highest BCUT2D eigenvalue weighted by atomic mass is 16.5.